The molecule has 76 valence electrons. The lowest BCUT2D eigenvalue weighted by Crippen LogP contribution is -1.93. The van der Waals surface area contributed by atoms with Gasteiger partial charge >= 0.3 is 0 Å². The van der Waals surface area contributed by atoms with Crippen LogP contribution in [0.3, 0.4) is 0 Å². The van der Waals surface area contributed by atoms with E-state index in [1.165, 1.54) is 0 Å². The monoisotopic (exact) mass is 303 g/mol. The summed E-state index contributed by atoms with van der Waals surface area (Å²) in [5, 5.41) is 0.548. The van der Waals surface area contributed by atoms with Crippen LogP contribution in [0.25, 0.3) is 11.5 Å². The van der Waals surface area contributed by atoms with E-state index in [-0.39, 0.29) is 10.3 Å². The fourth-order valence-electron chi connectivity index (χ4n) is 1.00. The number of rotatable bonds is 1. The van der Waals surface area contributed by atoms with Gasteiger partial charge in [-0.25, -0.2) is 9.97 Å². The smallest absolute Gasteiger partial charge is 0.181 e. The van der Waals surface area contributed by atoms with Crippen LogP contribution in [0.4, 0.5) is 0 Å². The minimum Gasteiger partial charge on any atom is -0.253 e. The van der Waals surface area contributed by atoms with Gasteiger partial charge in [0, 0.05) is 6.20 Å². The van der Waals surface area contributed by atoms with Gasteiger partial charge in [-0.1, -0.05) is 29.3 Å². The Kier molecular flexibility index (Phi) is 3.19. The Hall–Kier alpha value is -0.710. The molecule has 0 saturated carbocycles. The summed E-state index contributed by atoms with van der Waals surface area (Å²) in [5.74, 6) is 0.411. The topological polar surface area (TPSA) is 38.7 Å². The fraction of sp³-hybridized carbons (Fsp3) is 0. The minimum atomic E-state index is 0.274. The normalized spacial score (nSPS) is 10.3. The first-order chi connectivity index (χ1) is 7.18. The first-order valence-electron chi connectivity index (χ1n) is 3.98. The summed E-state index contributed by atoms with van der Waals surface area (Å²) in [5.41, 5.74) is 0.633. The molecule has 0 aliphatic rings. The number of hydrogen-bond acceptors (Lipinski definition) is 3. The van der Waals surface area contributed by atoms with Gasteiger partial charge in [0.1, 0.15) is 16.0 Å². The molecule has 0 atom stereocenters. The van der Waals surface area contributed by atoms with Crippen molar-refractivity contribution < 1.29 is 0 Å². The molecule has 0 fully saturated rings. The van der Waals surface area contributed by atoms with Crippen LogP contribution in [0.2, 0.25) is 10.3 Å². The van der Waals surface area contributed by atoms with Gasteiger partial charge in [0.05, 0.1) is 4.47 Å². The third kappa shape index (κ3) is 2.27. The lowest BCUT2D eigenvalue weighted by atomic mass is 10.3. The first-order valence-corrected chi connectivity index (χ1v) is 5.53. The summed E-state index contributed by atoms with van der Waals surface area (Å²) in [7, 11) is 0. The molecule has 0 unspecified atom stereocenters. The standard InChI is InChI=1S/C9H4BrCl2N3/c10-6-7(11)14-9(15-8(6)12)5-3-1-2-4-13-5/h1-4H. The van der Waals surface area contributed by atoms with Gasteiger partial charge in [0.25, 0.3) is 0 Å². The molecule has 0 saturated heterocycles. The van der Waals surface area contributed by atoms with E-state index in [9.17, 15) is 0 Å². The number of nitrogens with zero attached hydrogens (tertiary/aromatic N) is 3. The largest absolute Gasteiger partial charge is 0.253 e. The number of pyridine rings is 1. The van der Waals surface area contributed by atoms with E-state index < -0.39 is 0 Å². The van der Waals surface area contributed by atoms with Gasteiger partial charge in [-0.3, -0.25) is 4.98 Å². The van der Waals surface area contributed by atoms with Gasteiger partial charge in [-0.15, -0.1) is 0 Å². The summed E-state index contributed by atoms with van der Waals surface area (Å²) in [6.07, 6.45) is 1.66. The average Bonchev–Trinajstić information content (AvgIpc) is 2.26. The van der Waals surface area contributed by atoms with Crippen molar-refractivity contribution in [3.63, 3.8) is 0 Å². The molecular formula is C9H4BrCl2N3. The first kappa shape index (κ1) is 10.8. The second-order valence-electron chi connectivity index (χ2n) is 2.66. The maximum absolute atomic E-state index is 5.86. The molecule has 3 nitrogen and oxygen atoms in total. The van der Waals surface area contributed by atoms with Gasteiger partial charge in [0.2, 0.25) is 0 Å². The Labute approximate surface area is 105 Å². The Balaban J connectivity index is 2.56. The number of aromatic nitrogens is 3. The molecule has 0 aliphatic heterocycles. The highest BCUT2D eigenvalue weighted by Crippen LogP contribution is 2.29. The third-order valence-electron chi connectivity index (χ3n) is 1.66. The molecule has 0 spiro atoms. The van der Waals surface area contributed by atoms with Crippen molar-refractivity contribution in [2.75, 3.05) is 0 Å². The third-order valence-corrected chi connectivity index (χ3v) is 3.42. The predicted octanol–water partition coefficient (Wildman–Crippen LogP) is 3.61. The van der Waals surface area contributed by atoms with Crippen LogP contribution in [-0.2, 0) is 0 Å². The van der Waals surface area contributed by atoms with Crippen molar-refractivity contribution in [2.24, 2.45) is 0 Å². The fourth-order valence-corrected chi connectivity index (χ4v) is 1.57. The molecule has 2 aromatic heterocycles. The molecular weight excluding hydrogens is 301 g/mol. The van der Waals surface area contributed by atoms with Crippen molar-refractivity contribution in [2.45, 2.75) is 0 Å². The van der Waals surface area contributed by atoms with E-state index in [0.29, 0.717) is 16.0 Å². The van der Waals surface area contributed by atoms with Gasteiger partial charge in [-0.05, 0) is 28.1 Å². The maximum Gasteiger partial charge on any atom is 0.181 e. The molecule has 0 N–H and O–H groups in total. The van der Waals surface area contributed by atoms with Crippen molar-refractivity contribution >= 4 is 39.1 Å². The lowest BCUT2D eigenvalue weighted by Gasteiger charge is -2.02. The lowest BCUT2D eigenvalue weighted by molar-refractivity contribution is 1.13. The van der Waals surface area contributed by atoms with Crippen molar-refractivity contribution in [1.29, 1.82) is 0 Å². The highest BCUT2D eigenvalue weighted by molar-refractivity contribution is 9.10. The van der Waals surface area contributed by atoms with Crippen LogP contribution in [0.5, 0.6) is 0 Å². The second kappa shape index (κ2) is 4.43. The summed E-state index contributed by atoms with van der Waals surface area (Å²) in [6, 6.07) is 5.44. The van der Waals surface area contributed by atoms with E-state index in [1.807, 2.05) is 12.1 Å². The Morgan fingerprint density at radius 1 is 1.07 bits per heavy atom. The Bertz CT molecular complexity index is 467. The molecule has 2 rings (SSSR count). The molecule has 2 heterocycles. The van der Waals surface area contributed by atoms with Crippen LogP contribution < -0.4 is 0 Å². The summed E-state index contributed by atoms with van der Waals surface area (Å²) >= 11 is 14.9. The molecule has 2 aromatic rings. The van der Waals surface area contributed by atoms with E-state index in [1.54, 1.807) is 12.3 Å². The zero-order chi connectivity index (χ0) is 10.8. The van der Waals surface area contributed by atoms with Gasteiger partial charge in [0.15, 0.2) is 5.82 Å². The van der Waals surface area contributed by atoms with Crippen LogP contribution >= 0.6 is 39.1 Å². The molecule has 0 bridgehead atoms. The minimum absolute atomic E-state index is 0.274. The number of halogens is 3. The zero-order valence-electron chi connectivity index (χ0n) is 7.28. The molecule has 0 amide bonds. The van der Waals surface area contributed by atoms with Gasteiger partial charge in [-0.2, -0.15) is 0 Å². The number of hydrogen-bond donors (Lipinski definition) is 0. The quantitative estimate of drug-likeness (QED) is 0.756. The van der Waals surface area contributed by atoms with Crippen molar-refractivity contribution in [3.8, 4) is 11.5 Å². The van der Waals surface area contributed by atoms with Crippen molar-refractivity contribution in [1.82, 2.24) is 15.0 Å². The Morgan fingerprint density at radius 3 is 2.27 bits per heavy atom. The van der Waals surface area contributed by atoms with Crippen LogP contribution in [0.1, 0.15) is 0 Å². The molecule has 0 radical (unpaired) electrons. The summed E-state index contributed by atoms with van der Waals surface area (Å²) in [6.45, 7) is 0. The Morgan fingerprint density at radius 2 is 1.73 bits per heavy atom. The SMILES string of the molecule is Clc1nc(-c2ccccn2)nc(Cl)c1Br. The summed E-state index contributed by atoms with van der Waals surface area (Å²) in [4.78, 5) is 12.2. The van der Waals surface area contributed by atoms with E-state index >= 15 is 0 Å². The molecule has 15 heavy (non-hydrogen) atoms. The summed E-state index contributed by atoms with van der Waals surface area (Å²) < 4.78 is 0.491. The van der Waals surface area contributed by atoms with Crippen LogP contribution in [0, 0.1) is 0 Å². The van der Waals surface area contributed by atoms with E-state index in [0.717, 1.165) is 0 Å². The predicted molar refractivity (Wildman–Crippen MR) is 63.0 cm³/mol. The average molecular weight is 305 g/mol. The molecule has 0 aromatic carbocycles. The highest BCUT2D eigenvalue weighted by Gasteiger charge is 2.10. The maximum atomic E-state index is 5.86. The van der Waals surface area contributed by atoms with Crippen LogP contribution in [-0.4, -0.2) is 15.0 Å². The highest BCUT2D eigenvalue weighted by atomic mass is 79.9. The van der Waals surface area contributed by atoms with Crippen LogP contribution in [0.15, 0.2) is 28.9 Å². The zero-order valence-corrected chi connectivity index (χ0v) is 10.4. The molecule has 0 aliphatic carbocycles. The van der Waals surface area contributed by atoms with E-state index in [2.05, 4.69) is 30.9 Å². The van der Waals surface area contributed by atoms with E-state index in [4.69, 9.17) is 23.2 Å². The van der Waals surface area contributed by atoms with Gasteiger partial charge < -0.3 is 0 Å². The second-order valence-corrected chi connectivity index (χ2v) is 4.17. The molecule has 6 heteroatoms. The van der Waals surface area contributed by atoms with Crippen molar-refractivity contribution in [3.05, 3.63) is 39.2 Å².